The van der Waals surface area contributed by atoms with Crippen molar-refractivity contribution in [1.29, 1.82) is 0 Å². The molecule has 13 rings (SSSR count). The summed E-state index contributed by atoms with van der Waals surface area (Å²) in [6.07, 6.45) is 2.68. The van der Waals surface area contributed by atoms with Gasteiger partial charge in [0.2, 0.25) is 11.9 Å². The summed E-state index contributed by atoms with van der Waals surface area (Å²) >= 11 is 0. The Bertz CT molecular complexity index is 3380. The van der Waals surface area contributed by atoms with E-state index in [1.54, 1.807) is 65.8 Å². The van der Waals surface area contributed by atoms with E-state index in [-0.39, 0.29) is 18.0 Å². The number of benzene rings is 3. The van der Waals surface area contributed by atoms with E-state index < -0.39 is 35.6 Å². The molecule has 81 heavy (non-hydrogen) atoms. The fourth-order valence-corrected chi connectivity index (χ4v) is 11.1. The second kappa shape index (κ2) is 23.1. The molecular formula is C58H58F6N14O3. The van der Waals surface area contributed by atoms with Gasteiger partial charge in [-0.05, 0) is 124 Å². The van der Waals surface area contributed by atoms with Gasteiger partial charge in [-0.15, -0.1) is 0 Å². The maximum atomic E-state index is 13.6. The topological polar surface area (TPSA) is 178 Å². The number of para-hydroxylation sites is 1. The number of nitrogens with zero attached hydrogens (tertiary/aromatic N) is 12. The van der Waals surface area contributed by atoms with Crippen molar-refractivity contribution in [1.82, 2.24) is 29.9 Å². The van der Waals surface area contributed by atoms with Crippen molar-refractivity contribution >= 4 is 58.7 Å². The lowest BCUT2D eigenvalue weighted by Gasteiger charge is -2.35. The van der Waals surface area contributed by atoms with Crippen molar-refractivity contribution in [2.75, 3.05) is 92.8 Å². The van der Waals surface area contributed by atoms with Crippen LogP contribution in [0.3, 0.4) is 0 Å². The van der Waals surface area contributed by atoms with E-state index >= 15 is 0 Å². The molecule has 3 amide bonds. The molecule has 0 unspecified atom stereocenters. The third-order valence-corrected chi connectivity index (χ3v) is 15.1. The summed E-state index contributed by atoms with van der Waals surface area (Å²) in [5, 5.41) is 2.83. The van der Waals surface area contributed by atoms with Crippen LogP contribution in [-0.2, 0) is 12.4 Å². The number of fused-ring (bicyclic) bond motifs is 8. The fraction of sp³-hybridized carbons (Fsp3) is 0.345. The molecule has 6 aliphatic rings. The molecular weight excluding hydrogens is 1050 g/mol. The predicted octanol–water partition coefficient (Wildman–Crippen LogP) is 11.6. The van der Waals surface area contributed by atoms with E-state index in [9.17, 15) is 35.9 Å². The van der Waals surface area contributed by atoms with E-state index in [0.29, 0.717) is 58.9 Å². The largest absolute Gasteiger partial charge is 0.421 e. The van der Waals surface area contributed by atoms with Crippen LogP contribution in [0.4, 0.5) is 82.5 Å². The maximum Gasteiger partial charge on any atom is 0.421 e. The molecule has 17 nitrogen and oxygen atoms in total. The normalized spacial score (nSPS) is 18.2. The first kappa shape index (κ1) is 54.2. The zero-order chi connectivity index (χ0) is 56.3. The number of carbonyl (C=O) groups excluding carboxylic acids is 2. The smallest absolute Gasteiger partial charge is 0.410 e. The summed E-state index contributed by atoms with van der Waals surface area (Å²) < 4.78 is 84.8. The van der Waals surface area contributed by atoms with E-state index in [0.717, 1.165) is 112 Å². The summed E-state index contributed by atoms with van der Waals surface area (Å²) in [5.74, 6) is 3.57. The van der Waals surface area contributed by atoms with Crippen LogP contribution in [0.2, 0.25) is 0 Å². The Balaban J connectivity index is 0.000000141. The van der Waals surface area contributed by atoms with Crippen LogP contribution in [0.5, 0.6) is 5.75 Å². The summed E-state index contributed by atoms with van der Waals surface area (Å²) in [6, 6.07) is 29.0. The molecule has 0 spiro atoms. The van der Waals surface area contributed by atoms with Gasteiger partial charge in [0.15, 0.2) is 11.6 Å². The molecule has 10 heterocycles. The van der Waals surface area contributed by atoms with Crippen LogP contribution in [0, 0.1) is 0 Å². The van der Waals surface area contributed by atoms with Gasteiger partial charge in [-0.2, -0.15) is 36.3 Å². The van der Waals surface area contributed by atoms with E-state index in [4.69, 9.17) is 10.5 Å². The van der Waals surface area contributed by atoms with Crippen LogP contribution in [-0.4, -0.2) is 106 Å². The molecule has 23 heteroatoms. The lowest BCUT2D eigenvalue weighted by molar-refractivity contribution is -0.138. The minimum Gasteiger partial charge on any atom is -0.410 e. The molecule has 3 N–H and O–H groups in total. The molecule has 4 aromatic heterocycles. The minimum absolute atomic E-state index is 0.104. The van der Waals surface area contributed by atoms with Crippen LogP contribution < -0.4 is 45.2 Å². The third-order valence-electron chi connectivity index (χ3n) is 15.1. The first-order chi connectivity index (χ1) is 39.1. The molecule has 4 fully saturated rings. The van der Waals surface area contributed by atoms with Crippen LogP contribution in [0.25, 0.3) is 22.5 Å². The second-order valence-corrected chi connectivity index (χ2v) is 20.5. The number of amides is 3. The number of hydrogen-bond acceptors (Lipinski definition) is 14. The van der Waals surface area contributed by atoms with Gasteiger partial charge in [0.1, 0.15) is 17.4 Å². The van der Waals surface area contributed by atoms with Crippen molar-refractivity contribution in [3.8, 4) is 28.3 Å². The number of urea groups is 1. The number of nitrogen functional groups attached to an aromatic ring is 1. The van der Waals surface area contributed by atoms with Gasteiger partial charge in [-0.3, -0.25) is 15.1 Å². The maximum absolute atomic E-state index is 13.6. The number of piperidine rings is 2. The summed E-state index contributed by atoms with van der Waals surface area (Å²) in [4.78, 5) is 64.7. The minimum atomic E-state index is -4.45. The summed E-state index contributed by atoms with van der Waals surface area (Å²) in [7, 11) is 0. The van der Waals surface area contributed by atoms with Crippen molar-refractivity contribution in [2.45, 2.75) is 75.8 Å². The Morgan fingerprint density at radius 3 is 1.57 bits per heavy atom. The van der Waals surface area contributed by atoms with Gasteiger partial charge < -0.3 is 30.1 Å². The van der Waals surface area contributed by atoms with Gasteiger partial charge >= 0.3 is 24.5 Å². The van der Waals surface area contributed by atoms with Gasteiger partial charge in [0, 0.05) is 75.9 Å². The number of pyridine rings is 2. The zero-order valence-corrected chi connectivity index (χ0v) is 44.0. The molecule has 0 aliphatic carbocycles. The molecule has 3 aromatic carbocycles. The Morgan fingerprint density at radius 1 is 0.531 bits per heavy atom. The number of halogens is 6. The van der Waals surface area contributed by atoms with Gasteiger partial charge in [0.25, 0.3) is 0 Å². The Labute approximate surface area is 463 Å². The zero-order valence-electron chi connectivity index (χ0n) is 44.0. The first-order valence-electron chi connectivity index (χ1n) is 27.1. The monoisotopic (exact) mass is 1110 g/mol. The van der Waals surface area contributed by atoms with Gasteiger partial charge in [-0.25, -0.2) is 29.5 Å². The Kier molecular flexibility index (Phi) is 15.5. The molecule has 420 valence electrons. The molecule has 2 atom stereocenters. The number of anilines is 8. The van der Waals surface area contributed by atoms with Crippen molar-refractivity contribution < 1.29 is 40.7 Å². The number of nitrogens with one attached hydrogen (secondary N) is 1. The number of rotatable bonds is 6. The molecule has 4 bridgehead atoms. The fourth-order valence-electron chi connectivity index (χ4n) is 11.1. The highest BCUT2D eigenvalue weighted by Crippen LogP contribution is 2.43. The number of ether oxygens (including phenoxy) is 1. The number of aromatic nitrogens is 6. The number of alkyl halides is 6. The summed E-state index contributed by atoms with van der Waals surface area (Å²) in [6.45, 7) is 6.91. The number of nitrogens with two attached hydrogens (primary N) is 1. The van der Waals surface area contributed by atoms with Crippen LogP contribution >= 0.6 is 0 Å². The average molecular weight is 1110 g/mol. The Morgan fingerprint density at radius 2 is 1.04 bits per heavy atom. The quantitative estimate of drug-likeness (QED) is 0.150. The SMILES string of the molecule is Nc1nccc(N2CCCCC2)n1.O=C(Nc1nccc(N2CCCCC2)n1)N1c2nc(-c3cccc(C(F)(F)F)c3)ccc2N2CC[C@H]1C2.O=C(Oc1ccccc1)N1c2nc(-c3cccc(C(F)(F)F)c3)ccc2N2CC[C@H]1C2. The van der Waals surface area contributed by atoms with Gasteiger partial charge in [-0.1, -0.05) is 42.5 Å². The third kappa shape index (κ3) is 12.2. The molecule has 7 aromatic rings. The number of hydrogen-bond donors (Lipinski definition) is 2. The first-order valence-corrected chi connectivity index (χ1v) is 27.1. The molecule has 0 radical (unpaired) electrons. The predicted molar refractivity (Wildman–Crippen MR) is 298 cm³/mol. The average Bonchev–Trinajstić information content (AvgIpc) is 4.23. The number of carbonyl (C=O) groups is 2. The molecule has 6 aliphatic heterocycles. The highest BCUT2D eigenvalue weighted by molar-refractivity contribution is 6.04. The molecule has 0 saturated carbocycles. The molecule has 4 saturated heterocycles. The van der Waals surface area contributed by atoms with E-state index in [1.807, 2.05) is 30.3 Å². The van der Waals surface area contributed by atoms with Crippen molar-refractivity contribution in [3.05, 3.63) is 139 Å². The van der Waals surface area contributed by atoms with Crippen molar-refractivity contribution in [3.63, 3.8) is 0 Å². The van der Waals surface area contributed by atoms with Crippen LogP contribution in [0.15, 0.2) is 128 Å². The van der Waals surface area contributed by atoms with E-state index in [1.165, 1.54) is 42.7 Å². The second-order valence-electron chi connectivity index (χ2n) is 20.5. The Hall–Kier alpha value is -8.76. The van der Waals surface area contributed by atoms with Crippen LogP contribution in [0.1, 0.15) is 62.5 Å². The van der Waals surface area contributed by atoms with Crippen molar-refractivity contribution in [2.24, 2.45) is 0 Å². The van der Waals surface area contributed by atoms with E-state index in [2.05, 4.69) is 54.8 Å². The lowest BCUT2D eigenvalue weighted by atomic mass is 10.1. The lowest BCUT2D eigenvalue weighted by Crippen LogP contribution is -2.48. The highest BCUT2D eigenvalue weighted by Gasteiger charge is 2.43. The highest BCUT2D eigenvalue weighted by atomic mass is 19.4. The standard InChI is InChI=1S/C26H26F3N7O.C23H18F3N3O2.C9H14N4/c27-26(28,29)18-6-4-5-17(15-18)20-7-8-21-23(31-20)36(19-10-14-35(21)16-19)25(37)33-24-30-11-9-22(32-24)34-12-2-1-3-13-34;24-23(25,26)16-6-4-5-15(13-16)19-9-10-20-21(27-19)29(17-11-12-28(20)14-17)22(30)31-18-7-2-1-3-8-18;10-9-11-5-4-8(12-9)13-6-2-1-3-7-13/h4-9,11,15,19H,1-3,10,12-14,16H2,(H,30,32,33,37);1-10,13,17H,11-12,14H2;4-5H,1-3,6-7H2,(H2,10,11,12)/t19-;17-;/m00./s1. The van der Waals surface area contributed by atoms with Gasteiger partial charge in [0.05, 0.1) is 46.0 Å². The summed E-state index contributed by atoms with van der Waals surface area (Å²) in [5.41, 5.74) is 6.99.